The first-order valence-corrected chi connectivity index (χ1v) is 7.42. The minimum Gasteiger partial charge on any atom is -0.465 e. The zero-order valence-electron chi connectivity index (χ0n) is 13.5. The second-order valence-corrected chi connectivity index (χ2v) is 5.53. The van der Waals surface area contributed by atoms with Gasteiger partial charge < -0.3 is 15.0 Å². The quantitative estimate of drug-likeness (QED) is 0.718. The van der Waals surface area contributed by atoms with Crippen LogP contribution in [0.4, 0.5) is 4.79 Å². The van der Waals surface area contributed by atoms with Crippen LogP contribution in [0.25, 0.3) is 22.3 Å². The molecule has 0 atom stereocenters. The number of fused-ring (bicyclic) bond motifs is 1. The molecule has 2 N–H and O–H groups in total. The highest BCUT2D eigenvalue weighted by molar-refractivity contribution is 6.05. The van der Waals surface area contributed by atoms with Gasteiger partial charge in [0.05, 0.1) is 35.7 Å². The highest BCUT2D eigenvalue weighted by atomic mass is 16.5. The molecule has 0 unspecified atom stereocenters. The van der Waals surface area contributed by atoms with Gasteiger partial charge in [-0.2, -0.15) is 9.78 Å². The fourth-order valence-electron chi connectivity index (χ4n) is 2.43. The molecular weight excluding hydrogens is 310 g/mol. The molecule has 3 rings (SSSR count). The van der Waals surface area contributed by atoms with E-state index in [-0.39, 0.29) is 12.1 Å². The molecule has 0 spiro atoms. The summed E-state index contributed by atoms with van der Waals surface area (Å²) in [6.07, 6.45) is 3.08. The van der Waals surface area contributed by atoms with Crippen LogP contribution in [0.2, 0.25) is 0 Å². The van der Waals surface area contributed by atoms with Crippen LogP contribution in [-0.2, 0) is 4.74 Å². The Labute approximate surface area is 137 Å². The number of imidazole rings is 1. The predicted octanol–water partition coefficient (Wildman–Crippen LogP) is 2.18. The number of hydrogen-bond donors (Lipinski definition) is 2. The van der Waals surface area contributed by atoms with Gasteiger partial charge in [0.15, 0.2) is 0 Å². The number of ether oxygens (including phenoxy) is 1. The Bertz CT molecular complexity index is 909. The number of rotatable bonds is 3. The summed E-state index contributed by atoms with van der Waals surface area (Å²) in [4.78, 5) is 31.4. The summed E-state index contributed by atoms with van der Waals surface area (Å²) >= 11 is 0. The van der Waals surface area contributed by atoms with E-state index >= 15 is 0 Å². The van der Waals surface area contributed by atoms with Gasteiger partial charge >= 0.3 is 12.0 Å². The lowest BCUT2D eigenvalue weighted by Gasteiger charge is -2.08. The van der Waals surface area contributed by atoms with Crippen molar-refractivity contribution in [1.29, 1.82) is 0 Å². The van der Waals surface area contributed by atoms with Gasteiger partial charge in [-0.1, -0.05) is 0 Å². The Hall–Kier alpha value is -3.16. The molecular formula is C16H17N5O3. The largest absolute Gasteiger partial charge is 0.465 e. The van der Waals surface area contributed by atoms with E-state index in [1.807, 2.05) is 13.8 Å². The van der Waals surface area contributed by atoms with E-state index in [1.165, 1.54) is 18.1 Å². The van der Waals surface area contributed by atoms with Gasteiger partial charge in [0.25, 0.3) is 0 Å². The third-order valence-corrected chi connectivity index (χ3v) is 3.46. The van der Waals surface area contributed by atoms with Crippen LogP contribution in [0.5, 0.6) is 0 Å². The van der Waals surface area contributed by atoms with Crippen molar-refractivity contribution in [2.45, 2.75) is 19.9 Å². The number of benzene rings is 1. The molecule has 124 valence electrons. The number of esters is 1. The van der Waals surface area contributed by atoms with E-state index < -0.39 is 5.97 Å². The summed E-state index contributed by atoms with van der Waals surface area (Å²) in [5.74, 6) is -0.490. The molecule has 1 aromatic carbocycles. The first kappa shape index (κ1) is 15.7. The van der Waals surface area contributed by atoms with Crippen molar-refractivity contribution in [1.82, 2.24) is 25.1 Å². The number of aromatic nitrogens is 4. The molecule has 2 heterocycles. The molecule has 0 aliphatic carbocycles. The number of methoxy groups -OCH3 is 1. The zero-order chi connectivity index (χ0) is 17.3. The number of hydrogen-bond acceptors (Lipinski definition) is 5. The van der Waals surface area contributed by atoms with Crippen LogP contribution < -0.4 is 5.32 Å². The van der Waals surface area contributed by atoms with Gasteiger partial charge in [0.1, 0.15) is 0 Å². The molecule has 8 nitrogen and oxygen atoms in total. The number of carbonyl (C=O) groups excluding carboxylic acids is 2. The molecule has 0 bridgehead atoms. The van der Waals surface area contributed by atoms with Crippen LogP contribution in [0.15, 0.2) is 30.7 Å². The third kappa shape index (κ3) is 2.73. The van der Waals surface area contributed by atoms with Crippen molar-refractivity contribution in [2.24, 2.45) is 0 Å². The monoisotopic (exact) mass is 327 g/mol. The molecule has 24 heavy (non-hydrogen) atoms. The van der Waals surface area contributed by atoms with E-state index in [2.05, 4.69) is 20.4 Å². The Morgan fingerprint density at radius 3 is 2.79 bits per heavy atom. The van der Waals surface area contributed by atoms with Gasteiger partial charge in [0, 0.05) is 17.8 Å². The maximum absolute atomic E-state index is 12.1. The lowest BCUT2D eigenvalue weighted by Crippen LogP contribution is -2.34. The molecule has 2 aromatic heterocycles. The van der Waals surface area contributed by atoms with Crippen LogP contribution in [0.1, 0.15) is 24.2 Å². The van der Waals surface area contributed by atoms with Crippen LogP contribution in [0, 0.1) is 0 Å². The summed E-state index contributed by atoms with van der Waals surface area (Å²) in [5.41, 5.74) is 2.68. The normalized spacial score (nSPS) is 11.0. The highest BCUT2D eigenvalue weighted by Crippen LogP contribution is 2.29. The Kier molecular flexibility index (Phi) is 4.03. The average molecular weight is 327 g/mol. The van der Waals surface area contributed by atoms with Gasteiger partial charge in [-0.25, -0.2) is 14.6 Å². The molecule has 3 aromatic rings. The molecule has 0 fully saturated rings. The molecule has 0 saturated heterocycles. The van der Waals surface area contributed by atoms with E-state index in [0.29, 0.717) is 22.3 Å². The first-order chi connectivity index (χ1) is 11.5. The van der Waals surface area contributed by atoms with Crippen LogP contribution in [0.3, 0.4) is 0 Å². The van der Waals surface area contributed by atoms with Crippen molar-refractivity contribution < 1.29 is 14.3 Å². The summed E-state index contributed by atoms with van der Waals surface area (Å²) < 4.78 is 6.04. The Morgan fingerprint density at radius 1 is 1.29 bits per heavy atom. The maximum Gasteiger partial charge on any atom is 0.342 e. The van der Waals surface area contributed by atoms with Crippen molar-refractivity contribution >= 4 is 23.0 Å². The third-order valence-electron chi connectivity index (χ3n) is 3.46. The Morgan fingerprint density at radius 2 is 2.08 bits per heavy atom. The van der Waals surface area contributed by atoms with Crippen molar-refractivity contribution in [3.05, 3.63) is 36.3 Å². The predicted molar refractivity (Wildman–Crippen MR) is 87.7 cm³/mol. The molecule has 1 amide bonds. The van der Waals surface area contributed by atoms with E-state index in [4.69, 9.17) is 4.74 Å². The van der Waals surface area contributed by atoms with Gasteiger partial charge in [-0.15, -0.1) is 0 Å². The number of nitrogens with zero attached hydrogens (tertiary/aromatic N) is 3. The maximum atomic E-state index is 12.1. The summed E-state index contributed by atoms with van der Waals surface area (Å²) in [5, 5.41) is 7.04. The minimum absolute atomic E-state index is 0.00875. The number of carbonyl (C=O) groups is 2. The van der Waals surface area contributed by atoms with Crippen molar-refractivity contribution in [3.63, 3.8) is 0 Å². The molecule has 0 saturated carbocycles. The van der Waals surface area contributed by atoms with E-state index in [9.17, 15) is 9.59 Å². The topological polar surface area (TPSA) is 102 Å². The van der Waals surface area contributed by atoms with Crippen LogP contribution in [-0.4, -0.2) is 44.9 Å². The zero-order valence-corrected chi connectivity index (χ0v) is 13.5. The minimum atomic E-state index is -0.490. The van der Waals surface area contributed by atoms with Gasteiger partial charge in [-0.3, -0.25) is 0 Å². The van der Waals surface area contributed by atoms with E-state index in [1.54, 1.807) is 24.4 Å². The average Bonchev–Trinajstić information content (AvgIpc) is 3.21. The fraction of sp³-hybridized carbons (Fsp3) is 0.250. The first-order valence-electron chi connectivity index (χ1n) is 7.42. The van der Waals surface area contributed by atoms with Gasteiger partial charge in [-0.05, 0) is 32.0 Å². The van der Waals surface area contributed by atoms with Gasteiger partial charge in [0.2, 0.25) is 0 Å². The summed E-state index contributed by atoms with van der Waals surface area (Å²) in [6, 6.07) is 4.71. The second kappa shape index (κ2) is 6.15. The number of nitrogens with one attached hydrogen (secondary N) is 2. The molecule has 0 radical (unpaired) electrons. The molecule has 8 heteroatoms. The molecule has 0 aliphatic heterocycles. The van der Waals surface area contributed by atoms with Crippen molar-refractivity contribution in [3.8, 4) is 11.3 Å². The fourth-order valence-corrected chi connectivity index (χ4v) is 2.43. The standard InChI is InChI=1S/C16H17N5O3/c1-9(2)19-16(23)21-7-6-11(20-21)13-10(15(22)24-3)4-5-12-14(13)18-8-17-12/h4-9H,1-3H3,(H,17,18)(H,19,23). The number of aromatic amines is 1. The summed E-state index contributed by atoms with van der Waals surface area (Å²) in [6.45, 7) is 3.73. The van der Waals surface area contributed by atoms with Crippen molar-refractivity contribution in [2.75, 3.05) is 7.11 Å². The number of amides is 1. The smallest absolute Gasteiger partial charge is 0.342 e. The number of H-pyrrole nitrogens is 1. The summed E-state index contributed by atoms with van der Waals surface area (Å²) in [7, 11) is 1.32. The second-order valence-electron chi connectivity index (χ2n) is 5.53. The lowest BCUT2D eigenvalue weighted by atomic mass is 10.0. The molecule has 0 aliphatic rings. The van der Waals surface area contributed by atoms with Crippen LogP contribution >= 0.6 is 0 Å². The van der Waals surface area contributed by atoms with E-state index in [0.717, 1.165) is 5.52 Å². The lowest BCUT2D eigenvalue weighted by molar-refractivity contribution is 0.0601. The SMILES string of the molecule is COC(=O)c1ccc2[nH]cnc2c1-c1ccn(C(=O)NC(C)C)n1. The highest BCUT2D eigenvalue weighted by Gasteiger charge is 2.20. The Balaban J connectivity index is 2.12.